The molecule has 4 aliphatic rings. The molecule has 7 atom stereocenters. The fourth-order valence-electron chi connectivity index (χ4n) is 9.96. The first kappa shape index (κ1) is 35.5. The standard InChI is InChI=1S/C38H68N4O2/c1-28(2)11-8-12-29(3)33-15-16-34-32-14-13-30-27-31(17-19-37(30,4)35(32)18-20-38(33,34)5)44-36(43)42(26-10-22-40)25-7-6-23-41-24-9-21-39/h12-13,28,31-35,41H,6-11,14-27,39-40H2,1-5H3/b29-12-/t31-,32-,33+,34-,35-,37-,38+/m0/s1. The van der Waals surface area contributed by atoms with Crippen LogP contribution in [0.1, 0.15) is 125 Å². The molecule has 0 saturated heterocycles. The van der Waals surface area contributed by atoms with Gasteiger partial charge in [-0.2, -0.15) is 0 Å². The van der Waals surface area contributed by atoms with Gasteiger partial charge in [-0.25, -0.2) is 4.79 Å². The Morgan fingerprint density at radius 2 is 1.77 bits per heavy atom. The molecule has 44 heavy (non-hydrogen) atoms. The van der Waals surface area contributed by atoms with E-state index in [1.807, 2.05) is 4.90 Å². The molecule has 0 bridgehead atoms. The van der Waals surface area contributed by atoms with Gasteiger partial charge in [0.25, 0.3) is 0 Å². The van der Waals surface area contributed by atoms with Crippen LogP contribution in [0, 0.1) is 40.4 Å². The van der Waals surface area contributed by atoms with Crippen molar-refractivity contribution in [3.05, 3.63) is 23.3 Å². The zero-order chi connectivity index (χ0) is 31.7. The monoisotopic (exact) mass is 613 g/mol. The Balaban J connectivity index is 1.33. The summed E-state index contributed by atoms with van der Waals surface area (Å²) in [5.41, 5.74) is 15.4. The van der Waals surface area contributed by atoms with Crippen LogP contribution in [0.25, 0.3) is 0 Å². The number of hydrogen-bond donors (Lipinski definition) is 3. The summed E-state index contributed by atoms with van der Waals surface area (Å²) in [7, 11) is 0. The Morgan fingerprint density at radius 1 is 1.02 bits per heavy atom. The highest BCUT2D eigenvalue weighted by molar-refractivity contribution is 5.67. The van der Waals surface area contributed by atoms with Crippen molar-refractivity contribution in [2.75, 3.05) is 39.3 Å². The third-order valence-corrected chi connectivity index (χ3v) is 12.6. The molecular weight excluding hydrogens is 544 g/mol. The molecule has 3 fully saturated rings. The largest absolute Gasteiger partial charge is 0.446 e. The van der Waals surface area contributed by atoms with Crippen LogP contribution in [0.4, 0.5) is 4.79 Å². The third-order valence-electron chi connectivity index (χ3n) is 12.6. The predicted molar refractivity (Wildman–Crippen MR) is 184 cm³/mol. The summed E-state index contributed by atoms with van der Waals surface area (Å²) in [5, 5.41) is 3.44. The first-order chi connectivity index (χ1) is 21.1. The summed E-state index contributed by atoms with van der Waals surface area (Å²) in [6.07, 6.45) is 21.2. The average Bonchev–Trinajstić information content (AvgIpc) is 3.35. The zero-order valence-electron chi connectivity index (χ0n) is 29.2. The summed E-state index contributed by atoms with van der Waals surface area (Å²) in [6.45, 7) is 17.0. The number of carbonyl (C=O) groups is 1. The van der Waals surface area contributed by atoms with Crippen LogP contribution in [-0.4, -0.2) is 56.4 Å². The molecule has 0 radical (unpaired) electrons. The molecule has 0 unspecified atom stereocenters. The molecule has 5 N–H and O–H groups in total. The van der Waals surface area contributed by atoms with Crippen molar-refractivity contribution in [2.24, 2.45) is 51.9 Å². The van der Waals surface area contributed by atoms with Gasteiger partial charge in [0.15, 0.2) is 0 Å². The Labute approximate surface area is 270 Å². The van der Waals surface area contributed by atoms with E-state index in [2.05, 4.69) is 52.1 Å². The van der Waals surface area contributed by atoms with Gasteiger partial charge >= 0.3 is 6.09 Å². The van der Waals surface area contributed by atoms with E-state index < -0.39 is 0 Å². The number of fused-ring (bicyclic) bond motifs is 5. The first-order valence-electron chi connectivity index (χ1n) is 18.6. The fourth-order valence-corrected chi connectivity index (χ4v) is 9.96. The summed E-state index contributed by atoms with van der Waals surface area (Å²) in [4.78, 5) is 15.3. The van der Waals surface area contributed by atoms with Gasteiger partial charge in [0, 0.05) is 19.5 Å². The minimum absolute atomic E-state index is 0.0000224. The maximum absolute atomic E-state index is 13.3. The second kappa shape index (κ2) is 16.5. The number of carbonyl (C=O) groups excluding carboxylic acids is 1. The Hall–Kier alpha value is -1.37. The second-order valence-electron chi connectivity index (χ2n) is 15.8. The molecule has 0 aliphatic heterocycles. The van der Waals surface area contributed by atoms with Crippen molar-refractivity contribution in [3.8, 4) is 0 Å². The number of amides is 1. The quantitative estimate of drug-likeness (QED) is 0.122. The molecule has 1 amide bonds. The molecule has 0 aromatic heterocycles. The normalized spacial score (nSPS) is 33.4. The van der Waals surface area contributed by atoms with E-state index in [0.717, 1.165) is 101 Å². The third kappa shape index (κ3) is 8.31. The molecule has 0 aromatic carbocycles. The number of unbranched alkanes of at least 4 members (excludes halogenated alkanes) is 1. The van der Waals surface area contributed by atoms with Crippen molar-refractivity contribution < 1.29 is 9.53 Å². The molecule has 6 nitrogen and oxygen atoms in total. The minimum atomic E-state index is -0.139. The highest BCUT2D eigenvalue weighted by atomic mass is 16.6. The van der Waals surface area contributed by atoms with E-state index in [9.17, 15) is 4.79 Å². The van der Waals surface area contributed by atoms with Crippen LogP contribution >= 0.6 is 0 Å². The fraction of sp³-hybridized carbons (Fsp3) is 0.868. The molecular formula is C38H68N4O2. The van der Waals surface area contributed by atoms with Gasteiger partial charge in [0.1, 0.15) is 6.10 Å². The number of hydrogen-bond acceptors (Lipinski definition) is 5. The van der Waals surface area contributed by atoms with Gasteiger partial charge in [-0.1, -0.05) is 51.0 Å². The van der Waals surface area contributed by atoms with Gasteiger partial charge in [-0.05, 0) is 157 Å². The van der Waals surface area contributed by atoms with E-state index in [1.54, 1.807) is 11.1 Å². The summed E-state index contributed by atoms with van der Waals surface area (Å²) in [5.74, 6) is 3.98. The van der Waals surface area contributed by atoms with Crippen LogP contribution in [0.3, 0.4) is 0 Å². The smallest absolute Gasteiger partial charge is 0.410 e. The predicted octanol–water partition coefficient (Wildman–Crippen LogP) is 7.82. The number of nitrogens with one attached hydrogen (secondary N) is 1. The maximum atomic E-state index is 13.3. The Morgan fingerprint density at radius 3 is 2.52 bits per heavy atom. The van der Waals surface area contributed by atoms with Gasteiger partial charge < -0.3 is 26.4 Å². The molecule has 4 rings (SSSR count). The lowest BCUT2D eigenvalue weighted by Gasteiger charge is -2.58. The molecule has 252 valence electrons. The van der Waals surface area contributed by atoms with E-state index in [4.69, 9.17) is 16.2 Å². The molecule has 0 aromatic rings. The van der Waals surface area contributed by atoms with Crippen molar-refractivity contribution in [1.82, 2.24) is 10.2 Å². The van der Waals surface area contributed by atoms with E-state index in [0.29, 0.717) is 18.5 Å². The number of nitrogens with zero attached hydrogens (tertiary/aromatic N) is 1. The summed E-state index contributed by atoms with van der Waals surface area (Å²) >= 11 is 0. The molecule has 0 heterocycles. The molecule has 4 aliphatic carbocycles. The van der Waals surface area contributed by atoms with Crippen LogP contribution < -0.4 is 16.8 Å². The van der Waals surface area contributed by atoms with Crippen LogP contribution in [0.15, 0.2) is 23.3 Å². The van der Waals surface area contributed by atoms with Crippen molar-refractivity contribution >= 4 is 6.09 Å². The Bertz CT molecular complexity index is 978. The van der Waals surface area contributed by atoms with Gasteiger partial charge in [0.05, 0.1) is 0 Å². The summed E-state index contributed by atoms with van der Waals surface area (Å²) < 4.78 is 6.23. The Kier molecular flexibility index (Phi) is 13.3. The lowest BCUT2D eigenvalue weighted by atomic mass is 9.47. The highest BCUT2D eigenvalue weighted by Crippen LogP contribution is 2.67. The number of allylic oxidation sites excluding steroid dienone is 3. The van der Waals surface area contributed by atoms with E-state index in [-0.39, 0.29) is 17.6 Å². The van der Waals surface area contributed by atoms with Gasteiger partial charge in [-0.3, -0.25) is 0 Å². The zero-order valence-corrected chi connectivity index (χ0v) is 29.2. The average molecular weight is 613 g/mol. The second-order valence-corrected chi connectivity index (χ2v) is 15.8. The highest BCUT2D eigenvalue weighted by Gasteiger charge is 2.58. The van der Waals surface area contributed by atoms with Crippen molar-refractivity contribution in [1.29, 1.82) is 0 Å². The maximum Gasteiger partial charge on any atom is 0.410 e. The van der Waals surface area contributed by atoms with Crippen molar-refractivity contribution in [2.45, 2.75) is 131 Å². The summed E-state index contributed by atoms with van der Waals surface area (Å²) in [6, 6.07) is 0. The van der Waals surface area contributed by atoms with Crippen LogP contribution in [0.2, 0.25) is 0 Å². The van der Waals surface area contributed by atoms with Gasteiger partial charge in [0.2, 0.25) is 0 Å². The van der Waals surface area contributed by atoms with Gasteiger partial charge in [-0.15, -0.1) is 0 Å². The number of rotatable bonds is 16. The van der Waals surface area contributed by atoms with Crippen molar-refractivity contribution in [3.63, 3.8) is 0 Å². The van der Waals surface area contributed by atoms with E-state index in [1.165, 1.54) is 44.9 Å². The van der Waals surface area contributed by atoms with Crippen LogP contribution in [0.5, 0.6) is 0 Å². The SMILES string of the molecule is C/C(=C/CCC(C)C)[C@H]1CC[C@H]2[C@@H]3CC=C4C[C@@H](OC(=O)N(CCCN)CCCCNCCCN)CC[C@]4(C)[C@H]3CC[C@]12C. The van der Waals surface area contributed by atoms with Crippen LogP contribution in [-0.2, 0) is 4.74 Å². The lowest BCUT2D eigenvalue weighted by Crippen LogP contribution is -2.50. The lowest BCUT2D eigenvalue weighted by molar-refractivity contribution is -0.0484. The molecule has 0 spiro atoms. The van der Waals surface area contributed by atoms with E-state index >= 15 is 0 Å². The molecule has 3 saturated carbocycles. The number of ether oxygens (including phenoxy) is 1. The first-order valence-corrected chi connectivity index (χ1v) is 18.6. The minimum Gasteiger partial charge on any atom is -0.446 e. The molecule has 6 heteroatoms. The topological polar surface area (TPSA) is 93.6 Å². The number of nitrogens with two attached hydrogens (primary N) is 2.